The fourth-order valence-electron chi connectivity index (χ4n) is 4.55. The molecule has 2 atom stereocenters. The molecule has 116 valence electrons. The molecule has 1 saturated heterocycles. The standard InChI is InChI=1S/C22H16O2/c1-3-7-14(8-4-1)20-18-16-11-12-17(22(16)13-23-22)19(18)21(24-20)15-9-5-2-6-10-15/h1-12,16-17H,13H2. The Morgan fingerprint density at radius 1 is 0.708 bits per heavy atom. The van der Waals surface area contributed by atoms with Crippen LogP contribution in [0.1, 0.15) is 23.0 Å². The molecule has 1 spiro atoms. The lowest BCUT2D eigenvalue weighted by Gasteiger charge is -2.12. The summed E-state index contributed by atoms with van der Waals surface area (Å²) in [5.74, 6) is 2.68. The van der Waals surface area contributed by atoms with Crippen molar-refractivity contribution in [3.8, 4) is 22.6 Å². The smallest absolute Gasteiger partial charge is 0.139 e. The zero-order valence-corrected chi connectivity index (χ0v) is 13.1. The molecule has 1 fully saturated rings. The van der Waals surface area contributed by atoms with Gasteiger partial charge in [-0.15, -0.1) is 0 Å². The number of hydrogen-bond donors (Lipinski definition) is 0. The van der Waals surface area contributed by atoms with Gasteiger partial charge in [0.05, 0.1) is 6.61 Å². The van der Waals surface area contributed by atoms with Crippen molar-refractivity contribution in [2.45, 2.75) is 17.4 Å². The quantitative estimate of drug-likeness (QED) is 0.484. The highest BCUT2D eigenvalue weighted by atomic mass is 16.6. The maximum absolute atomic E-state index is 6.47. The van der Waals surface area contributed by atoms with E-state index in [1.807, 2.05) is 12.1 Å². The van der Waals surface area contributed by atoms with Gasteiger partial charge in [0.15, 0.2) is 0 Å². The molecule has 3 aromatic rings. The van der Waals surface area contributed by atoms with E-state index in [4.69, 9.17) is 9.15 Å². The Bertz CT molecular complexity index is 888. The molecule has 0 radical (unpaired) electrons. The van der Waals surface area contributed by atoms with E-state index in [1.54, 1.807) is 0 Å². The summed E-state index contributed by atoms with van der Waals surface area (Å²) < 4.78 is 12.4. The summed E-state index contributed by atoms with van der Waals surface area (Å²) in [5, 5.41) is 0. The minimum absolute atomic E-state index is 0.0193. The third-order valence-electron chi connectivity index (χ3n) is 5.70. The molecule has 1 aliphatic heterocycles. The summed E-state index contributed by atoms with van der Waals surface area (Å²) in [7, 11) is 0. The van der Waals surface area contributed by atoms with Gasteiger partial charge in [-0.1, -0.05) is 72.8 Å². The van der Waals surface area contributed by atoms with Gasteiger partial charge in [-0.3, -0.25) is 0 Å². The first kappa shape index (κ1) is 12.8. The SMILES string of the molecule is C1=CC2c3c(-c4ccccc4)oc(-c4ccccc4)c3C1C21CO1. The molecule has 2 bridgehead atoms. The van der Waals surface area contributed by atoms with Crippen molar-refractivity contribution in [3.63, 3.8) is 0 Å². The predicted molar refractivity (Wildman–Crippen MR) is 92.9 cm³/mol. The molecule has 2 heterocycles. The Morgan fingerprint density at radius 3 is 1.58 bits per heavy atom. The normalized spacial score (nSPS) is 28.5. The van der Waals surface area contributed by atoms with Crippen LogP contribution in [-0.4, -0.2) is 12.2 Å². The second-order valence-corrected chi connectivity index (χ2v) is 6.90. The molecule has 2 aliphatic carbocycles. The molecule has 2 unspecified atom stereocenters. The molecule has 2 nitrogen and oxygen atoms in total. The fraction of sp³-hybridized carbons (Fsp3) is 0.182. The van der Waals surface area contributed by atoms with E-state index in [9.17, 15) is 0 Å². The second-order valence-electron chi connectivity index (χ2n) is 6.90. The first-order chi connectivity index (χ1) is 11.9. The van der Waals surface area contributed by atoms with E-state index in [2.05, 4.69) is 60.7 Å². The summed E-state index contributed by atoms with van der Waals surface area (Å²) >= 11 is 0. The van der Waals surface area contributed by atoms with Crippen molar-refractivity contribution in [2.75, 3.05) is 6.61 Å². The van der Waals surface area contributed by atoms with E-state index in [0.29, 0.717) is 11.8 Å². The number of furan rings is 1. The van der Waals surface area contributed by atoms with Gasteiger partial charge in [0.1, 0.15) is 17.1 Å². The van der Waals surface area contributed by atoms with Gasteiger partial charge < -0.3 is 9.15 Å². The first-order valence-electron chi connectivity index (χ1n) is 8.48. The van der Waals surface area contributed by atoms with Gasteiger partial charge >= 0.3 is 0 Å². The van der Waals surface area contributed by atoms with E-state index in [0.717, 1.165) is 29.3 Å². The summed E-state index contributed by atoms with van der Waals surface area (Å²) in [6.45, 7) is 0.854. The minimum atomic E-state index is -0.0193. The van der Waals surface area contributed by atoms with Crippen molar-refractivity contribution in [2.24, 2.45) is 0 Å². The Kier molecular flexibility index (Phi) is 2.28. The Labute approximate surface area is 140 Å². The summed E-state index contributed by atoms with van der Waals surface area (Å²) in [6, 6.07) is 20.9. The third kappa shape index (κ3) is 1.45. The number of ether oxygens (including phenoxy) is 1. The average Bonchev–Trinajstić information content (AvgIpc) is 3.14. The minimum Gasteiger partial charge on any atom is -0.455 e. The van der Waals surface area contributed by atoms with Crippen molar-refractivity contribution in [3.05, 3.63) is 83.9 Å². The van der Waals surface area contributed by atoms with Crippen molar-refractivity contribution in [1.82, 2.24) is 0 Å². The zero-order valence-electron chi connectivity index (χ0n) is 13.1. The lowest BCUT2D eigenvalue weighted by atomic mass is 9.93. The average molecular weight is 312 g/mol. The molecule has 0 N–H and O–H groups in total. The summed E-state index contributed by atoms with van der Waals surface area (Å²) in [4.78, 5) is 0. The van der Waals surface area contributed by atoms with Gasteiger partial charge in [0.2, 0.25) is 0 Å². The number of hydrogen-bond acceptors (Lipinski definition) is 2. The number of benzene rings is 2. The van der Waals surface area contributed by atoms with Crippen LogP contribution in [0.3, 0.4) is 0 Å². The van der Waals surface area contributed by atoms with E-state index in [1.165, 1.54) is 11.1 Å². The molecule has 2 aromatic carbocycles. The third-order valence-corrected chi connectivity index (χ3v) is 5.70. The van der Waals surface area contributed by atoms with Crippen LogP contribution in [0.15, 0.2) is 77.2 Å². The highest BCUT2D eigenvalue weighted by Gasteiger charge is 2.66. The van der Waals surface area contributed by atoms with Crippen molar-refractivity contribution < 1.29 is 9.15 Å². The number of epoxide rings is 1. The molecule has 1 aromatic heterocycles. The van der Waals surface area contributed by atoms with Crippen LogP contribution in [0.5, 0.6) is 0 Å². The van der Waals surface area contributed by atoms with Crippen LogP contribution < -0.4 is 0 Å². The second kappa shape index (κ2) is 4.28. The lowest BCUT2D eigenvalue weighted by Crippen LogP contribution is -2.15. The van der Waals surface area contributed by atoms with Crippen LogP contribution in [0.25, 0.3) is 22.6 Å². The summed E-state index contributed by atoms with van der Waals surface area (Å²) in [6.07, 6.45) is 4.63. The van der Waals surface area contributed by atoms with Crippen LogP contribution in [-0.2, 0) is 4.74 Å². The molecule has 2 heteroatoms. The molecule has 6 rings (SSSR count). The van der Waals surface area contributed by atoms with Crippen LogP contribution >= 0.6 is 0 Å². The van der Waals surface area contributed by atoms with E-state index < -0.39 is 0 Å². The fourth-order valence-corrected chi connectivity index (χ4v) is 4.55. The molecule has 24 heavy (non-hydrogen) atoms. The largest absolute Gasteiger partial charge is 0.455 e. The monoisotopic (exact) mass is 312 g/mol. The van der Waals surface area contributed by atoms with E-state index in [-0.39, 0.29) is 5.60 Å². The van der Waals surface area contributed by atoms with Gasteiger partial charge in [0, 0.05) is 34.1 Å². The zero-order chi connectivity index (χ0) is 15.7. The molecule has 0 amide bonds. The van der Waals surface area contributed by atoms with Crippen LogP contribution in [0.4, 0.5) is 0 Å². The highest BCUT2D eigenvalue weighted by molar-refractivity contribution is 5.79. The van der Waals surface area contributed by atoms with Gasteiger partial charge in [-0.2, -0.15) is 0 Å². The molecule has 3 aliphatic rings. The van der Waals surface area contributed by atoms with Crippen LogP contribution in [0, 0.1) is 0 Å². The van der Waals surface area contributed by atoms with Gasteiger partial charge in [0.25, 0.3) is 0 Å². The predicted octanol–water partition coefficient (Wildman–Crippen LogP) is 5.13. The number of fused-ring (bicyclic) bond motifs is 3. The maximum atomic E-state index is 6.47. The Hall–Kier alpha value is -2.58. The number of rotatable bonds is 2. The molecular weight excluding hydrogens is 296 g/mol. The van der Waals surface area contributed by atoms with Crippen molar-refractivity contribution in [1.29, 1.82) is 0 Å². The van der Waals surface area contributed by atoms with E-state index >= 15 is 0 Å². The molecular formula is C22H16O2. The van der Waals surface area contributed by atoms with Crippen molar-refractivity contribution >= 4 is 0 Å². The topological polar surface area (TPSA) is 25.7 Å². The first-order valence-corrected chi connectivity index (χ1v) is 8.48. The summed E-state index contributed by atoms with van der Waals surface area (Å²) in [5.41, 5.74) is 4.95. The van der Waals surface area contributed by atoms with Crippen LogP contribution in [0.2, 0.25) is 0 Å². The van der Waals surface area contributed by atoms with Gasteiger partial charge in [-0.05, 0) is 0 Å². The Morgan fingerprint density at radius 2 is 1.17 bits per heavy atom. The molecule has 0 saturated carbocycles. The lowest BCUT2D eigenvalue weighted by molar-refractivity contribution is 0.289. The Balaban J connectivity index is 1.64. The van der Waals surface area contributed by atoms with Gasteiger partial charge in [-0.25, -0.2) is 0 Å². The highest BCUT2D eigenvalue weighted by Crippen LogP contribution is 2.67. The maximum Gasteiger partial charge on any atom is 0.139 e.